The predicted molar refractivity (Wildman–Crippen MR) is 158 cm³/mol. The van der Waals surface area contributed by atoms with Crippen LogP contribution in [0.4, 0.5) is 10.5 Å². The summed E-state index contributed by atoms with van der Waals surface area (Å²) in [6, 6.07) is 17.5. The molecule has 0 aliphatic carbocycles. The third-order valence-corrected chi connectivity index (χ3v) is 6.11. The number of benzene rings is 3. The molecule has 3 rings (SSSR count). The lowest BCUT2D eigenvalue weighted by Gasteiger charge is -2.34. The van der Waals surface area contributed by atoms with Crippen molar-refractivity contribution in [3.63, 3.8) is 0 Å². The molecular weight excluding hydrogens is 506 g/mol. The average Bonchev–Trinajstić information content (AvgIpc) is 2.87. The highest BCUT2D eigenvalue weighted by molar-refractivity contribution is 6.00. The summed E-state index contributed by atoms with van der Waals surface area (Å²) in [6.07, 6.45) is 1.09. The molecule has 3 N–H and O–H groups in total. The van der Waals surface area contributed by atoms with E-state index in [1.165, 1.54) is 17.0 Å². The number of carbonyl (C=O) groups is 3. The summed E-state index contributed by atoms with van der Waals surface area (Å²) in [5.41, 5.74) is 0.0336. The number of hydrogen-bond acceptors (Lipinski definition) is 5. The Balaban J connectivity index is 2.01. The Morgan fingerprint density at radius 1 is 1.00 bits per heavy atom. The number of rotatable bonds is 10. The number of anilines is 1. The van der Waals surface area contributed by atoms with Gasteiger partial charge in [-0.1, -0.05) is 68.5 Å². The first kappa shape index (κ1) is 30.2. The molecule has 0 aromatic heterocycles. The molecular formula is C32H39N3O5. The van der Waals surface area contributed by atoms with E-state index in [1.807, 2.05) is 50.2 Å². The van der Waals surface area contributed by atoms with E-state index in [0.29, 0.717) is 12.1 Å². The molecule has 212 valence electrons. The maximum absolute atomic E-state index is 14.1. The van der Waals surface area contributed by atoms with E-state index >= 15 is 0 Å². The van der Waals surface area contributed by atoms with Gasteiger partial charge in [-0.2, -0.15) is 0 Å². The Bertz CT molecular complexity index is 1360. The Kier molecular flexibility index (Phi) is 9.93. The molecule has 0 aliphatic heterocycles. The lowest BCUT2D eigenvalue weighted by atomic mass is 9.98. The fraction of sp³-hybridized carbons (Fsp3) is 0.344. The van der Waals surface area contributed by atoms with Crippen LogP contribution in [0.3, 0.4) is 0 Å². The third kappa shape index (κ3) is 8.09. The first-order chi connectivity index (χ1) is 18.9. The summed E-state index contributed by atoms with van der Waals surface area (Å²) in [5.74, 6) is -1.11. The van der Waals surface area contributed by atoms with Crippen LogP contribution in [0.25, 0.3) is 10.8 Å². The van der Waals surface area contributed by atoms with Gasteiger partial charge >= 0.3 is 6.09 Å². The van der Waals surface area contributed by atoms with Crippen LogP contribution >= 0.6 is 0 Å². The number of amides is 3. The second-order valence-corrected chi connectivity index (χ2v) is 11.1. The van der Waals surface area contributed by atoms with E-state index < -0.39 is 35.6 Å². The first-order valence-electron chi connectivity index (χ1n) is 13.4. The van der Waals surface area contributed by atoms with Crippen molar-refractivity contribution in [2.24, 2.45) is 5.92 Å². The molecule has 3 amide bonds. The Labute approximate surface area is 236 Å². The summed E-state index contributed by atoms with van der Waals surface area (Å²) in [6.45, 7) is 12.9. The quantitative estimate of drug-likeness (QED) is 0.264. The van der Waals surface area contributed by atoms with Gasteiger partial charge in [0.15, 0.2) is 0 Å². The summed E-state index contributed by atoms with van der Waals surface area (Å²) in [5, 5.41) is 18.3. The van der Waals surface area contributed by atoms with Gasteiger partial charge in [-0.25, -0.2) is 4.79 Å². The van der Waals surface area contributed by atoms with Gasteiger partial charge < -0.3 is 25.4 Å². The van der Waals surface area contributed by atoms with E-state index in [1.54, 1.807) is 45.0 Å². The van der Waals surface area contributed by atoms with E-state index in [4.69, 9.17) is 4.74 Å². The van der Waals surface area contributed by atoms with Crippen LogP contribution in [0.1, 0.15) is 52.6 Å². The molecule has 0 heterocycles. The van der Waals surface area contributed by atoms with Gasteiger partial charge in [-0.05, 0) is 62.1 Å². The molecule has 0 aliphatic rings. The van der Waals surface area contributed by atoms with Gasteiger partial charge in [0.05, 0.1) is 0 Å². The summed E-state index contributed by atoms with van der Waals surface area (Å²) >= 11 is 0. The minimum Gasteiger partial charge on any atom is -0.508 e. The van der Waals surface area contributed by atoms with Crippen LogP contribution in [0, 0.1) is 5.92 Å². The number of para-hydroxylation sites is 1. The summed E-state index contributed by atoms with van der Waals surface area (Å²) < 4.78 is 5.41. The highest BCUT2D eigenvalue weighted by Gasteiger charge is 2.37. The van der Waals surface area contributed by atoms with Crippen molar-refractivity contribution in [2.45, 2.75) is 58.7 Å². The van der Waals surface area contributed by atoms with Crippen LogP contribution in [0.15, 0.2) is 79.4 Å². The summed E-state index contributed by atoms with van der Waals surface area (Å²) in [4.78, 5) is 42.0. The van der Waals surface area contributed by atoms with Gasteiger partial charge in [-0.15, -0.1) is 6.58 Å². The topological polar surface area (TPSA) is 108 Å². The number of ether oxygens (including phenoxy) is 1. The Morgan fingerprint density at radius 3 is 2.27 bits per heavy atom. The lowest BCUT2D eigenvalue weighted by molar-refractivity contribution is -0.140. The lowest BCUT2D eigenvalue weighted by Crippen LogP contribution is -2.52. The number of phenolic OH excluding ortho intramolecular Hbond substituents is 1. The number of nitrogens with zero attached hydrogens (tertiary/aromatic N) is 1. The Morgan fingerprint density at radius 2 is 1.65 bits per heavy atom. The first-order valence-corrected chi connectivity index (χ1v) is 13.4. The van der Waals surface area contributed by atoms with Gasteiger partial charge in [-0.3, -0.25) is 9.59 Å². The number of fused-ring (bicyclic) bond motifs is 1. The van der Waals surface area contributed by atoms with Crippen molar-refractivity contribution in [3.8, 4) is 5.75 Å². The van der Waals surface area contributed by atoms with Gasteiger partial charge in [0.2, 0.25) is 5.91 Å². The fourth-order valence-electron chi connectivity index (χ4n) is 4.45. The fourth-order valence-corrected chi connectivity index (χ4v) is 4.45. The molecule has 8 nitrogen and oxygen atoms in total. The molecule has 0 radical (unpaired) electrons. The SMILES string of the molecule is C=CCN(C(=O)C(CC(C)C)NC(=O)OC(C)(C)C)C(C(=O)Nc1ccc2ccccc2c1)c1ccccc1O. The maximum Gasteiger partial charge on any atom is 0.408 e. The minimum atomic E-state index is -1.21. The second kappa shape index (κ2) is 13.2. The molecule has 0 bridgehead atoms. The minimum absolute atomic E-state index is 0.00638. The highest BCUT2D eigenvalue weighted by Crippen LogP contribution is 2.31. The van der Waals surface area contributed by atoms with Crippen LogP contribution in [-0.4, -0.2) is 46.1 Å². The van der Waals surface area contributed by atoms with Crippen molar-refractivity contribution in [3.05, 3.63) is 84.9 Å². The molecule has 0 spiro atoms. The zero-order valence-electron chi connectivity index (χ0n) is 23.8. The van der Waals surface area contributed by atoms with Gasteiger partial charge in [0.25, 0.3) is 5.91 Å². The smallest absolute Gasteiger partial charge is 0.408 e. The monoisotopic (exact) mass is 545 g/mol. The standard InChI is InChI=1S/C32H39N3O5/c1-7-18-35(30(38)26(19-21(2)3)34-31(39)40-32(4,5)6)28(25-14-10-11-15-27(25)36)29(37)33-24-17-16-22-12-8-9-13-23(22)20-24/h7-17,20-21,26,28,36H,1,18-19H2,2-6H3,(H,33,37)(H,34,39). The number of hydrogen-bond donors (Lipinski definition) is 3. The molecule has 0 fully saturated rings. The molecule has 0 saturated heterocycles. The van der Waals surface area contributed by atoms with Crippen molar-refractivity contribution < 1.29 is 24.2 Å². The molecule has 3 aromatic rings. The molecule has 8 heteroatoms. The number of nitrogens with one attached hydrogen (secondary N) is 2. The van der Waals surface area contributed by atoms with Gasteiger partial charge in [0, 0.05) is 17.8 Å². The highest BCUT2D eigenvalue weighted by atomic mass is 16.6. The zero-order valence-corrected chi connectivity index (χ0v) is 23.8. The molecule has 2 unspecified atom stereocenters. The van der Waals surface area contributed by atoms with Crippen molar-refractivity contribution >= 4 is 34.4 Å². The molecule has 2 atom stereocenters. The van der Waals surface area contributed by atoms with E-state index in [0.717, 1.165) is 10.8 Å². The number of carbonyl (C=O) groups excluding carboxylic acids is 3. The summed E-state index contributed by atoms with van der Waals surface area (Å²) in [7, 11) is 0. The Hall–Kier alpha value is -4.33. The van der Waals surface area contributed by atoms with E-state index in [-0.39, 0.29) is 23.8 Å². The third-order valence-electron chi connectivity index (χ3n) is 6.11. The maximum atomic E-state index is 14.1. The van der Waals surface area contributed by atoms with Crippen LogP contribution in [-0.2, 0) is 14.3 Å². The molecule has 40 heavy (non-hydrogen) atoms. The zero-order chi connectivity index (χ0) is 29.4. The second-order valence-electron chi connectivity index (χ2n) is 11.1. The predicted octanol–water partition coefficient (Wildman–Crippen LogP) is 6.18. The average molecular weight is 546 g/mol. The van der Waals surface area contributed by atoms with Crippen LogP contribution in [0.2, 0.25) is 0 Å². The molecule has 0 saturated carbocycles. The van der Waals surface area contributed by atoms with Crippen molar-refractivity contribution in [1.29, 1.82) is 0 Å². The van der Waals surface area contributed by atoms with Crippen LogP contribution in [0.5, 0.6) is 5.75 Å². The van der Waals surface area contributed by atoms with E-state index in [2.05, 4.69) is 17.2 Å². The van der Waals surface area contributed by atoms with Crippen molar-refractivity contribution in [1.82, 2.24) is 10.2 Å². The van der Waals surface area contributed by atoms with Gasteiger partial charge in [0.1, 0.15) is 23.4 Å². The normalized spacial score (nSPS) is 12.8. The largest absolute Gasteiger partial charge is 0.508 e. The van der Waals surface area contributed by atoms with E-state index in [9.17, 15) is 19.5 Å². The number of phenols is 1. The van der Waals surface area contributed by atoms with Crippen LogP contribution < -0.4 is 10.6 Å². The number of alkyl carbamates (subject to hydrolysis) is 1. The van der Waals surface area contributed by atoms with Crippen molar-refractivity contribution in [2.75, 3.05) is 11.9 Å². The number of aromatic hydroxyl groups is 1. The molecule has 3 aromatic carbocycles.